The quantitative estimate of drug-likeness (QED) is 0.475. The predicted molar refractivity (Wildman–Crippen MR) is 26.7 cm³/mol. The Morgan fingerprint density at radius 2 is 2.67 bits per heavy atom. The molecule has 0 atom stereocenters. The third kappa shape index (κ3) is 1.48. The molecule has 1 amide bonds. The highest BCUT2D eigenvalue weighted by Gasteiger charge is 1.92. The standard InChI is InChI=1S/C3H4N5O/c9-2-4-1-3-5-7-8-6-3/h1H2,(H,4,9)(H,5,6,7,8). The topological polar surface area (TPSA) is 83.6 Å². The van der Waals surface area contributed by atoms with Crippen molar-refractivity contribution in [3.8, 4) is 0 Å². The number of rotatable bonds is 3. The molecule has 0 bridgehead atoms. The van der Waals surface area contributed by atoms with E-state index in [2.05, 4.69) is 25.9 Å². The molecule has 9 heavy (non-hydrogen) atoms. The molecule has 0 fully saturated rings. The lowest BCUT2D eigenvalue weighted by Gasteiger charge is -1.86. The van der Waals surface area contributed by atoms with E-state index in [4.69, 9.17) is 0 Å². The summed E-state index contributed by atoms with van der Waals surface area (Å²) in [6.45, 7) is 0.288. The molecule has 0 saturated carbocycles. The first kappa shape index (κ1) is 5.67. The summed E-state index contributed by atoms with van der Waals surface area (Å²) in [6.07, 6.45) is 1.49. The molecule has 1 aromatic heterocycles. The van der Waals surface area contributed by atoms with Crippen LogP contribution in [-0.2, 0) is 11.3 Å². The molecule has 1 rings (SSSR count). The summed E-state index contributed by atoms with van der Waals surface area (Å²) in [4.78, 5) is 9.58. The van der Waals surface area contributed by atoms with E-state index in [0.29, 0.717) is 5.82 Å². The molecular formula is C3H4N5O. The SMILES string of the molecule is O=[C]NCc1nnn[nH]1. The fourth-order valence-corrected chi connectivity index (χ4v) is 0.373. The lowest BCUT2D eigenvalue weighted by Crippen LogP contribution is -2.10. The van der Waals surface area contributed by atoms with Gasteiger partial charge in [0.05, 0.1) is 6.54 Å². The van der Waals surface area contributed by atoms with Gasteiger partial charge in [0.25, 0.3) is 0 Å². The summed E-state index contributed by atoms with van der Waals surface area (Å²) < 4.78 is 0. The summed E-state index contributed by atoms with van der Waals surface area (Å²) in [5.41, 5.74) is 0. The van der Waals surface area contributed by atoms with Crippen LogP contribution in [0.4, 0.5) is 0 Å². The van der Waals surface area contributed by atoms with Crippen molar-refractivity contribution >= 4 is 6.41 Å². The third-order valence-corrected chi connectivity index (χ3v) is 0.717. The van der Waals surface area contributed by atoms with Gasteiger partial charge in [0.15, 0.2) is 5.82 Å². The van der Waals surface area contributed by atoms with Gasteiger partial charge < -0.3 is 5.32 Å². The maximum absolute atomic E-state index is 9.58. The number of aromatic amines is 1. The number of hydrogen-bond acceptors (Lipinski definition) is 4. The molecule has 1 heterocycles. The molecule has 1 aromatic rings. The normalized spacial score (nSPS) is 8.89. The third-order valence-electron chi connectivity index (χ3n) is 0.717. The van der Waals surface area contributed by atoms with Crippen LogP contribution in [0.2, 0.25) is 0 Å². The van der Waals surface area contributed by atoms with Gasteiger partial charge >= 0.3 is 6.41 Å². The van der Waals surface area contributed by atoms with Crippen LogP contribution in [0.15, 0.2) is 0 Å². The second-order valence-corrected chi connectivity index (χ2v) is 1.30. The van der Waals surface area contributed by atoms with E-state index in [1.165, 1.54) is 6.41 Å². The average Bonchev–Trinajstić information content (AvgIpc) is 2.34. The van der Waals surface area contributed by atoms with Crippen LogP contribution in [0.3, 0.4) is 0 Å². The molecule has 0 unspecified atom stereocenters. The maximum atomic E-state index is 9.58. The average molecular weight is 126 g/mol. The fraction of sp³-hybridized carbons (Fsp3) is 0.333. The monoisotopic (exact) mass is 126 g/mol. The van der Waals surface area contributed by atoms with Gasteiger partial charge in [0.1, 0.15) is 0 Å². The van der Waals surface area contributed by atoms with Crippen LogP contribution in [-0.4, -0.2) is 27.0 Å². The molecule has 0 spiro atoms. The van der Waals surface area contributed by atoms with E-state index < -0.39 is 0 Å². The van der Waals surface area contributed by atoms with Crippen molar-refractivity contribution in [2.24, 2.45) is 0 Å². The Balaban J connectivity index is 2.38. The zero-order chi connectivity index (χ0) is 6.53. The molecule has 0 aliphatic heterocycles. The second-order valence-electron chi connectivity index (χ2n) is 1.30. The smallest absolute Gasteiger partial charge is 0.309 e. The Bertz CT molecular complexity index is 170. The van der Waals surface area contributed by atoms with Crippen LogP contribution in [0.25, 0.3) is 0 Å². The van der Waals surface area contributed by atoms with Crippen LogP contribution < -0.4 is 5.32 Å². The van der Waals surface area contributed by atoms with Crippen LogP contribution in [0.1, 0.15) is 5.82 Å². The van der Waals surface area contributed by atoms with Gasteiger partial charge in [-0.2, -0.15) is 0 Å². The lowest BCUT2D eigenvalue weighted by atomic mass is 10.6. The number of carbonyl (C=O) groups excluding carboxylic acids is 1. The summed E-state index contributed by atoms with van der Waals surface area (Å²) >= 11 is 0. The van der Waals surface area contributed by atoms with Gasteiger partial charge in [0, 0.05) is 0 Å². The maximum Gasteiger partial charge on any atom is 0.309 e. The number of aromatic nitrogens is 4. The predicted octanol–water partition coefficient (Wildman–Crippen LogP) is -1.64. The van der Waals surface area contributed by atoms with Gasteiger partial charge in [-0.05, 0) is 10.4 Å². The van der Waals surface area contributed by atoms with Crippen molar-refractivity contribution in [3.63, 3.8) is 0 Å². The van der Waals surface area contributed by atoms with Crippen LogP contribution >= 0.6 is 0 Å². The first-order chi connectivity index (χ1) is 4.43. The molecule has 0 aliphatic carbocycles. The first-order valence-electron chi connectivity index (χ1n) is 2.26. The summed E-state index contributed by atoms with van der Waals surface area (Å²) in [7, 11) is 0. The Labute approximate surface area is 50.6 Å². The van der Waals surface area contributed by atoms with E-state index in [1.807, 2.05) is 0 Å². The van der Waals surface area contributed by atoms with Gasteiger partial charge in [-0.15, -0.1) is 5.10 Å². The number of nitrogens with one attached hydrogen (secondary N) is 2. The Kier molecular flexibility index (Phi) is 1.73. The molecular weight excluding hydrogens is 122 g/mol. The number of nitrogens with zero attached hydrogens (tertiary/aromatic N) is 3. The molecule has 0 saturated heterocycles. The number of amides is 1. The molecule has 0 aromatic carbocycles. The minimum atomic E-state index is 0.288. The molecule has 6 heteroatoms. The molecule has 0 aliphatic rings. The van der Waals surface area contributed by atoms with E-state index >= 15 is 0 Å². The van der Waals surface area contributed by atoms with Crippen molar-refractivity contribution in [2.45, 2.75) is 6.54 Å². The summed E-state index contributed by atoms with van der Waals surface area (Å²) in [5, 5.41) is 14.8. The van der Waals surface area contributed by atoms with E-state index in [0.717, 1.165) is 0 Å². The molecule has 1 radical (unpaired) electrons. The Morgan fingerprint density at radius 3 is 3.22 bits per heavy atom. The highest BCUT2D eigenvalue weighted by atomic mass is 16.1. The number of tetrazole rings is 1. The van der Waals surface area contributed by atoms with E-state index in [1.54, 1.807) is 0 Å². The minimum Gasteiger partial charge on any atom is -0.340 e. The van der Waals surface area contributed by atoms with Crippen molar-refractivity contribution in [2.75, 3.05) is 0 Å². The molecule has 6 nitrogen and oxygen atoms in total. The van der Waals surface area contributed by atoms with Crippen molar-refractivity contribution in [1.29, 1.82) is 0 Å². The van der Waals surface area contributed by atoms with Gasteiger partial charge in [-0.1, -0.05) is 0 Å². The zero-order valence-corrected chi connectivity index (χ0v) is 4.46. The lowest BCUT2D eigenvalue weighted by molar-refractivity contribution is 0.540. The van der Waals surface area contributed by atoms with Gasteiger partial charge in [-0.3, -0.25) is 4.79 Å². The van der Waals surface area contributed by atoms with E-state index in [9.17, 15) is 4.79 Å². The number of H-pyrrole nitrogens is 1. The molecule has 47 valence electrons. The first-order valence-corrected chi connectivity index (χ1v) is 2.26. The van der Waals surface area contributed by atoms with Gasteiger partial charge in [-0.25, -0.2) is 5.10 Å². The van der Waals surface area contributed by atoms with Crippen LogP contribution in [0, 0.1) is 0 Å². The second kappa shape index (κ2) is 2.75. The zero-order valence-electron chi connectivity index (χ0n) is 4.46. The van der Waals surface area contributed by atoms with Gasteiger partial charge in [0.2, 0.25) is 0 Å². The van der Waals surface area contributed by atoms with Crippen molar-refractivity contribution in [1.82, 2.24) is 25.9 Å². The van der Waals surface area contributed by atoms with Crippen molar-refractivity contribution < 1.29 is 4.79 Å². The summed E-state index contributed by atoms with van der Waals surface area (Å²) in [6, 6.07) is 0. The largest absolute Gasteiger partial charge is 0.340 e. The van der Waals surface area contributed by atoms with E-state index in [-0.39, 0.29) is 6.54 Å². The number of hydrogen-bond donors (Lipinski definition) is 2. The van der Waals surface area contributed by atoms with Crippen LogP contribution in [0.5, 0.6) is 0 Å². The fourth-order valence-electron chi connectivity index (χ4n) is 0.373. The molecule has 2 N–H and O–H groups in total. The van der Waals surface area contributed by atoms with Crippen molar-refractivity contribution in [3.05, 3.63) is 5.82 Å². The highest BCUT2D eigenvalue weighted by molar-refractivity contribution is 5.46. The minimum absolute atomic E-state index is 0.288. The Morgan fingerprint density at radius 1 is 1.78 bits per heavy atom. The Hall–Kier alpha value is -1.46. The summed E-state index contributed by atoms with van der Waals surface area (Å²) in [5.74, 6) is 0.512. The highest BCUT2D eigenvalue weighted by Crippen LogP contribution is 1.77.